The first-order valence-corrected chi connectivity index (χ1v) is 14.0. The van der Waals surface area contributed by atoms with Gasteiger partial charge in [-0.1, -0.05) is 0 Å². The van der Waals surface area contributed by atoms with E-state index in [4.69, 9.17) is 21.5 Å². The van der Waals surface area contributed by atoms with Crippen molar-refractivity contribution in [2.45, 2.75) is 37.5 Å². The van der Waals surface area contributed by atoms with Gasteiger partial charge in [-0.3, -0.25) is 18.9 Å². The van der Waals surface area contributed by atoms with E-state index in [1.165, 1.54) is 10.8 Å². The average molecular weight is 470 g/mol. The molecule has 0 radical (unpaired) electrons. The number of ether oxygens (including phenoxy) is 1. The van der Waals surface area contributed by atoms with Gasteiger partial charge in [0.15, 0.2) is 11.0 Å². The molecule has 1 aliphatic rings. The molecule has 2 rings (SSSR count). The molecule has 0 aromatic carbocycles. The van der Waals surface area contributed by atoms with Gasteiger partial charge in [-0.05, 0) is 38.1 Å². The van der Waals surface area contributed by atoms with Crippen LogP contribution >= 0.6 is 19.1 Å². The Morgan fingerprint density at radius 2 is 2.03 bits per heavy atom. The van der Waals surface area contributed by atoms with Gasteiger partial charge in [-0.2, -0.15) is 8.42 Å². The van der Waals surface area contributed by atoms with Gasteiger partial charge in [-0.25, -0.2) is 0 Å². The molecule has 0 aliphatic carbocycles. The standard InChI is InChI=1S/C16H28N3O7PS2/c1-27(2,3)6-4-11-12(20)13(21)15(26-11)19-9-10(14(22)18-16(19)28)8-17-5-7-29(23,24)25/h9,11-13,15,17,20-21H,1,4-8H2,2-3H3,(H,18,22,28)(H,23,24,25)/t11-,12-,13-,15?/m1/s1. The first-order chi connectivity index (χ1) is 13.3. The molecule has 29 heavy (non-hydrogen) atoms. The molecule has 1 aromatic heterocycles. The Kier molecular flexibility index (Phi) is 8.02. The van der Waals surface area contributed by atoms with Gasteiger partial charge in [-0.15, -0.1) is 13.2 Å². The fourth-order valence-electron chi connectivity index (χ4n) is 2.94. The lowest BCUT2D eigenvalue weighted by Gasteiger charge is -2.20. The number of hydrogen-bond acceptors (Lipinski definition) is 8. The van der Waals surface area contributed by atoms with Gasteiger partial charge >= 0.3 is 0 Å². The summed E-state index contributed by atoms with van der Waals surface area (Å²) in [6.07, 6.45) is 2.98. The van der Waals surface area contributed by atoms with E-state index in [-0.39, 0.29) is 23.4 Å². The van der Waals surface area contributed by atoms with E-state index in [0.29, 0.717) is 6.42 Å². The van der Waals surface area contributed by atoms with Crippen molar-refractivity contribution >= 4 is 35.5 Å². The van der Waals surface area contributed by atoms with Crippen molar-refractivity contribution in [3.8, 4) is 0 Å². The topological polar surface area (TPSA) is 154 Å². The molecule has 0 saturated carbocycles. The fraction of sp³-hybridized carbons (Fsp3) is 0.688. The molecule has 1 saturated heterocycles. The average Bonchev–Trinajstić information content (AvgIpc) is 2.85. The van der Waals surface area contributed by atoms with Crippen LogP contribution in [0.2, 0.25) is 0 Å². The van der Waals surface area contributed by atoms with Gasteiger partial charge in [0, 0.05) is 24.8 Å². The smallest absolute Gasteiger partial charge is 0.266 e. The fourth-order valence-corrected chi connectivity index (χ4v) is 4.55. The molecular weight excluding hydrogens is 441 g/mol. The van der Waals surface area contributed by atoms with Crippen LogP contribution in [-0.2, 0) is 21.4 Å². The summed E-state index contributed by atoms with van der Waals surface area (Å²) in [7, 11) is -4.11. The second-order valence-corrected chi connectivity index (χ2v) is 14.1. The van der Waals surface area contributed by atoms with E-state index in [1.54, 1.807) is 0 Å². The largest absolute Gasteiger partial charge is 0.388 e. The third kappa shape index (κ3) is 7.11. The molecule has 0 bridgehead atoms. The molecule has 4 atom stereocenters. The lowest BCUT2D eigenvalue weighted by atomic mass is 10.1. The Labute approximate surface area is 174 Å². The van der Waals surface area contributed by atoms with Gasteiger partial charge < -0.3 is 20.3 Å². The van der Waals surface area contributed by atoms with Crippen molar-refractivity contribution in [2.75, 3.05) is 31.8 Å². The zero-order chi connectivity index (χ0) is 22.0. The monoisotopic (exact) mass is 469 g/mol. The molecule has 1 unspecified atom stereocenters. The Hall–Kier alpha value is -0.850. The summed E-state index contributed by atoms with van der Waals surface area (Å²) < 4.78 is 37.5. The highest BCUT2D eigenvalue weighted by Crippen LogP contribution is 2.39. The number of rotatable bonds is 9. The highest BCUT2D eigenvalue weighted by molar-refractivity contribution is 7.85. The zero-order valence-electron chi connectivity index (χ0n) is 16.3. The lowest BCUT2D eigenvalue weighted by Crippen LogP contribution is -2.33. The zero-order valence-corrected chi connectivity index (χ0v) is 18.8. The number of aromatic amines is 1. The van der Waals surface area contributed by atoms with E-state index in [1.807, 2.05) is 0 Å². The molecule has 2 heterocycles. The summed E-state index contributed by atoms with van der Waals surface area (Å²) in [6, 6.07) is 0. The third-order valence-corrected chi connectivity index (χ3v) is 7.03. The minimum atomic E-state index is -4.11. The van der Waals surface area contributed by atoms with Gasteiger partial charge in [0.2, 0.25) is 0 Å². The molecule has 10 nitrogen and oxygen atoms in total. The van der Waals surface area contributed by atoms with Crippen molar-refractivity contribution in [3.05, 3.63) is 26.9 Å². The van der Waals surface area contributed by atoms with E-state index >= 15 is 0 Å². The van der Waals surface area contributed by atoms with E-state index < -0.39 is 52.9 Å². The summed E-state index contributed by atoms with van der Waals surface area (Å²) in [5, 5.41) is 23.5. The SMILES string of the molecule is C=P(C)(C)CC[C@H]1OC(n2cc(CNCCS(=O)(=O)O)c(=O)[nH]c2=S)[C@H](O)[C@@H]1O. The highest BCUT2D eigenvalue weighted by atomic mass is 32.2. The number of H-pyrrole nitrogens is 1. The van der Waals surface area contributed by atoms with Crippen molar-refractivity contribution < 1.29 is 27.9 Å². The van der Waals surface area contributed by atoms with Crippen LogP contribution in [0.3, 0.4) is 0 Å². The highest BCUT2D eigenvalue weighted by Gasteiger charge is 2.43. The second-order valence-electron chi connectivity index (χ2n) is 7.78. The summed E-state index contributed by atoms with van der Waals surface area (Å²) in [6.45, 7) is 2.77. The lowest BCUT2D eigenvalue weighted by molar-refractivity contribution is -0.0392. The molecule has 166 valence electrons. The first kappa shape index (κ1) is 24.4. The summed E-state index contributed by atoms with van der Waals surface area (Å²) >= 11 is 5.17. The Morgan fingerprint density at radius 3 is 2.62 bits per heavy atom. The molecule has 13 heteroatoms. The third-order valence-electron chi connectivity index (χ3n) is 4.52. The molecule has 1 fully saturated rings. The maximum absolute atomic E-state index is 12.1. The predicted molar refractivity (Wildman–Crippen MR) is 115 cm³/mol. The summed E-state index contributed by atoms with van der Waals surface area (Å²) in [5.74, 6) is -0.492. The molecule has 5 N–H and O–H groups in total. The Morgan fingerprint density at radius 1 is 1.38 bits per heavy atom. The van der Waals surface area contributed by atoms with Crippen molar-refractivity contribution in [2.24, 2.45) is 0 Å². The summed E-state index contributed by atoms with van der Waals surface area (Å²) in [4.78, 5) is 14.6. The van der Waals surface area contributed by atoms with E-state index in [2.05, 4.69) is 29.9 Å². The van der Waals surface area contributed by atoms with Crippen LogP contribution in [0.4, 0.5) is 0 Å². The van der Waals surface area contributed by atoms with Crippen LogP contribution in [0.5, 0.6) is 0 Å². The van der Waals surface area contributed by atoms with Crippen molar-refractivity contribution in [1.82, 2.24) is 14.9 Å². The van der Waals surface area contributed by atoms with Gasteiger partial charge in [0.1, 0.15) is 12.2 Å². The number of hydrogen-bond donors (Lipinski definition) is 5. The van der Waals surface area contributed by atoms with Gasteiger partial charge in [0.25, 0.3) is 15.7 Å². The summed E-state index contributed by atoms with van der Waals surface area (Å²) in [5.41, 5.74) is -0.244. The van der Waals surface area contributed by atoms with Crippen molar-refractivity contribution in [3.63, 3.8) is 0 Å². The molecule has 1 aliphatic heterocycles. The molecule has 0 spiro atoms. The van der Waals surface area contributed by atoms with E-state index in [0.717, 1.165) is 6.16 Å². The van der Waals surface area contributed by atoms with E-state index in [9.17, 15) is 23.4 Å². The van der Waals surface area contributed by atoms with Crippen LogP contribution in [0.25, 0.3) is 0 Å². The van der Waals surface area contributed by atoms with Gasteiger partial charge in [0.05, 0.1) is 11.9 Å². The van der Waals surface area contributed by atoms with Crippen LogP contribution in [0.15, 0.2) is 11.0 Å². The van der Waals surface area contributed by atoms with Crippen LogP contribution in [0, 0.1) is 4.77 Å². The molecular formula is C16H28N3O7PS2. The predicted octanol–water partition coefficient (Wildman–Crippen LogP) is -0.398. The number of aromatic nitrogens is 2. The normalized spacial score (nSPS) is 25.4. The number of aliphatic hydroxyl groups excluding tert-OH is 2. The van der Waals surface area contributed by atoms with Crippen molar-refractivity contribution in [1.29, 1.82) is 0 Å². The maximum atomic E-state index is 12.1. The Bertz CT molecular complexity index is 985. The number of nitrogens with one attached hydrogen (secondary N) is 2. The van der Waals surface area contributed by atoms with Crippen LogP contribution in [-0.4, -0.2) is 89.1 Å². The number of nitrogens with zero attached hydrogens (tertiary/aromatic N) is 1. The van der Waals surface area contributed by atoms with Crippen LogP contribution in [0.1, 0.15) is 18.2 Å². The number of aliphatic hydroxyl groups is 2. The molecule has 1 aromatic rings. The Balaban J connectivity index is 2.15. The van der Waals surface area contributed by atoms with Crippen LogP contribution < -0.4 is 10.9 Å². The minimum Gasteiger partial charge on any atom is -0.388 e. The quantitative estimate of drug-likeness (QED) is 0.141. The second kappa shape index (κ2) is 9.52. The minimum absolute atomic E-state index is 0.00936. The first-order valence-electron chi connectivity index (χ1n) is 8.98. The maximum Gasteiger partial charge on any atom is 0.266 e. The molecule has 0 amide bonds.